The van der Waals surface area contributed by atoms with Crippen LogP contribution < -0.4 is 5.32 Å². The van der Waals surface area contributed by atoms with Crippen LogP contribution in [-0.4, -0.2) is 34.8 Å². The van der Waals surface area contributed by atoms with Gasteiger partial charge in [-0.1, -0.05) is 30.3 Å². The average Bonchev–Trinajstić information content (AvgIpc) is 3.15. The van der Waals surface area contributed by atoms with E-state index in [1.165, 1.54) is 29.0 Å². The monoisotopic (exact) mass is 387 g/mol. The lowest BCUT2D eigenvalue weighted by molar-refractivity contribution is -0.130. The first-order valence-electron chi connectivity index (χ1n) is 9.91. The highest BCUT2D eigenvalue weighted by Gasteiger charge is 2.20. The van der Waals surface area contributed by atoms with E-state index in [1.54, 1.807) is 0 Å². The molecule has 2 N–H and O–H groups in total. The molecule has 0 radical (unpaired) electrons. The van der Waals surface area contributed by atoms with Gasteiger partial charge in [0.2, 0.25) is 11.8 Å². The van der Waals surface area contributed by atoms with Gasteiger partial charge in [-0.3, -0.25) is 9.59 Å². The van der Waals surface area contributed by atoms with Crippen LogP contribution in [0.4, 0.5) is 5.69 Å². The van der Waals surface area contributed by atoms with Crippen molar-refractivity contribution < 1.29 is 9.59 Å². The molecule has 0 saturated heterocycles. The number of benzene rings is 2. The summed E-state index contributed by atoms with van der Waals surface area (Å²) in [4.78, 5) is 29.1. The number of rotatable bonds is 4. The zero-order valence-electron chi connectivity index (χ0n) is 16.8. The number of carbonyl (C=O) groups excluding carboxylic acids is 2. The van der Waals surface area contributed by atoms with Crippen LogP contribution in [0.3, 0.4) is 0 Å². The molecule has 2 aromatic carbocycles. The molecule has 3 aromatic rings. The van der Waals surface area contributed by atoms with Gasteiger partial charge in [0, 0.05) is 48.4 Å². The Kier molecular flexibility index (Phi) is 5.21. The van der Waals surface area contributed by atoms with E-state index < -0.39 is 0 Å². The number of fused-ring (bicyclic) bond motifs is 1. The summed E-state index contributed by atoms with van der Waals surface area (Å²) < 4.78 is 0. The van der Waals surface area contributed by atoms with Crippen molar-refractivity contribution in [2.45, 2.75) is 26.7 Å². The first-order chi connectivity index (χ1) is 14.0. The lowest BCUT2D eigenvalue weighted by Crippen LogP contribution is -2.35. The van der Waals surface area contributed by atoms with Crippen LogP contribution in [0.15, 0.2) is 54.7 Å². The number of aryl methyl sites for hydroxylation is 1. The van der Waals surface area contributed by atoms with Crippen LogP contribution in [-0.2, 0) is 16.0 Å². The third-order valence-corrected chi connectivity index (χ3v) is 5.45. The highest BCUT2D eigenvalue weighted by atomic mass is 16.2. The summed E-state index contributed by atoms with van der Waals surface area (Å²) in [7, 11) is 0. The number of aromatic amines is 1. The van der Waals surface area contributed by atoms with Crippen LogP contribution in [0.5, 0.6) is 0 Å². The third-order valence-electron chi connectivity index (χ3n) is 5.45. The molecule has 0 atom stereocenters. The van der Waals surface area contributed by atoms with Gasteiger partial charge in [-0.15, -0.1) is 0 Å². The Morgan fingerprint density at radius 3 is 2.62 bits per heavy atom. The summed E-state index contributed by atoms with van der Waals surface area (Å²) in [6.45, 7) is 4.98. The Morgan fingerprint density at radius 1 is 1.14 bits per heavy atom. The zero-order chi connectivity index (χ0) is 20.4. The molecule has 0 bridgehead atoms. The molecular weight excluding hydrogens is 362 g/mol. The molecule has 0 spiro atoms. The summed E-state index contributed by atoms with van der Waals surface area (Å²) in [5, 5.41) is 4.01. The Bertz CT molecular complexity index is 1090. The number of aromatic nitrogens is 1. The summed E-state index contributed by atoms with van der Waals surface area (Å²) in [6.07, 6.45) is 5.48. The maximum atomic E-state index is 12.7. The second-order valence-electron chi connectivity index (χ2n) is 7.57. The number of amides is 2. The van der Waals surface area contributed by atoms with Gasteiger partial charge >= 0.3 is 0 Å². The standard InChI is InChI=1S/C24H25N3O2/c1-16-4-3-5-22-24(16)21(15-25-22)19-10-12-27(13-11-19)23(29)14-18-6-8-20(9-7-18)26-17(2)28/h3-10,15,25H,11-14H2,1-2H3,(H,26,28). The fraction of sp³-hybridized carbons (Fsp3) is 0.250. The molecule has 4 rings (SSSR count). The fourth-order valence-corrected chi connectivity index (χ4v) is 3.96. The predicted molar refractivity (Wildman–Crippen MR) is 117 cm³/mol. The van der Waals surface area contributed by atoms with Gasteiger partial charge in [0.15, 0.2) is 0 Å². The number of hydrogen-bond acceptors (Lipinski definition) is 2. The van der Waals surface area contributed by atoms with Gasteiger partial charge < -0.3 is 15.2 Å². The Morgan fingerprint density at radius 2 is 1.93 bits per heavy atom. The van der Waals surface area contributed by atoms with E-state index in [2.05, 4.69) is 47.7 Å². The minimum atomic E-state index is -0.102. The van der Waals surface area contributed by atoms with Crippen LogP contribution in [0.1, 0.15) is 30.0 Å². The number of nitrogens with one attached hydrogen (secondary N) is 2. The summed E-state index contributed by atoms with van der Waals surface area (Å²) >= 11 is 0. The normalized spacial score (nSPS) is 14.0. The van der Waals surface area contributed by atoms with Gasteiger partial charge in [-0.25, -0.2) is 0 Å². The molecule has 2 heterocycles. The van der Waals surface area contributed by atoms with E-state index in [0.29, 0.717) is 13.0 Å². The van der Waals surface area contributed by atoms with Gasteiger partial charge in [-0.2, -0.15) is 0 Å². The van der Waals surface area contributed by atoms with E-state index >= 15 is 0 Å². The maximum absolute atomic E-state index is 12.7. The van der Waals surface area contributed by atoms with Crippen LogP contribution in [0, 0.1) is 6.92 Å². The molecule has 1 aliphatic heterocycles. The molecule has 0 unspecified atom stereocenters. The molecule has 5 heteroatoms. The van der Waals surface area contributed by atoms with Crippen LogP contribution in [0.2, 0.25) is 0 Å². The van der Waals surface area contributed by atoms with Crippen LogP contribution >= 0.6 is 0 Å². The molecule has 29 heavy (non-hydrogen) atoms. The van der Waals surface area contributed by atoms with E-state index in [-0.39, 0.29) is 11.8 Å². The number of carbonyl (C=O) groups is 2. The first kappa shape index (κ1) is 19.0. The highest BCUT2D eigenvalue weighted by molar-refractivity contribution is 5.95. The average molecular weight is 387 g/mol. The minimum Gasteiger partial charge on any atom is -0.361 e. The summed E-state index contributed by atoms with van der Waals surface area (Å²) in [5.74, 6) is 0.0258. The molecule has 0 saturated carbocycles. The van der Waals surface area contributed by atoms with Crippen molar-refractivity contribution in [3.8, 4) is 0 Å². The SMILES string of the molecule is CC(=O)Nc1ccc(CC(=O)N2CC=C(c3c[nH]c4cccc(C)c34)CC2)cc1. The largest absolute Gasteiger partial charge is 0.361 e. The maximum Gasteiger partial charge on any atom is 0.227 e. The Labute approximate surface area is 170 Å². The van der Waals surface area contributed by atoms with Gasteiger partial charge in [0.1, 0.15) is 0 Å². The molecule has 148 valence electrons. The van der Waals surface area contributed by atoms with Gasteiger partial charge in [-0.05, 0) is 48.2 Å². The van der Waals surface area contributed by atoms with Gasteiger partial charge in [0.25, 0.3) is 0 Å². The number of nitrogens with zero attached hydrogens (tertiary/aromatic N) is 1. The van der Waals surface area contributed by atoms with E-state index in [0.717, 1.165) is 29.7 Å². The quantitative estimate of drug-likeness (QED) is 0.701. The molecular formula is C24H25N3O2. The lowest BCUT2D eigenvalue weighted by atomic mass is 9.96. The minimum absolute atomic E-state index is 0.102. The fourth-order valence-electron chi connectivity index (χ4n) is 3.96. The Hall–Kier alpha value is -3.34. The topological polar surface area (TPSA) is 65.2 Å². The first-order valence-corrected chi connectivity index (χ1v) is 9.91. The number of H-pyrrole nitrogens is 1. The summed E-state index contributed by atoms with van der Waals surface area (Å²) in [5.41, 5.74) is 6.66. The van der Waals surface area contributed by atoms with Crippen molar-refractivity contribution in [1.29, 1.82) is 0 Å². The molecule has 5 nitrogen and oxygen atoms in total. The zero-order valence-corrected chi connectivity index (χ0v) is 16.8. The summed E-state index contributed by atoms with van der Waals surface area (Å²) in [6, 6.07) is 13.7. The molecule has 2 amide bonds. The van der Waals surface area contributed by atoms with Gasteiger partial charge in [0.05, 0.1) is 6.42 Å². The third kappa shape index (κ3) is 4.09. The smallest absolute Gasteiger partial charge is 0.227 e. The van der Waals surface area contributed by atoms with Crippen molar-refractivity contribution in [3.05, 3.63) is 71.4 Å². The Balaban J connectivity index is 1.42. The highest BCUT2D eigenvalue weighted by Crippen LogP contribution is 2.31. The van der Waals surface area contributed by atoms with Crippen molar-refractivity contribution >= 4 is 34.0 Å². The van der Waals surface area contributed by atoms with Crippen molar-refractivity contribution in [1.82, 2.24) is 9.88 Å². The second-order valence-corrected chi connectivity index (χ2v) is 7.57. The van der Waals surface area contributed by atoms with Crippen molar-refractivity contribution in [2.24, 2.45) is 0 Å². The van der Waals surface area contributed by atoms with Crippen LogP contribution in [0.25, 0.3) is 16.5 Å². The van der Waals surface area contributed by atoms with Crippen molar-refractivity contribution in [3.63, 3.8) is 0 Å². The molecule has 1 aliphatic rings. The number of anilines is 1. The van der Waals surface area contributed by atoms with E-state index in [9.17, 15) is 9.59 Å². The molecule has 0 fully saturated rings. The van der Waals surface area contributed by atoms with E-state index in [4.69, 9.17) is 0 Å². The second kappa shape index (κ2) is 7.95. The predicted octanol–water partition coefficient (Wildman–Crippen LogP) is 4.29. The number of hydrogen-bond donors (Lipinski definition) is 2. The lowest BCUT2D eigenvalue weighted by Gasteiger charge is -2.27. The molecule has 1 aromatic heterocycles. The van der Waals surface area contributed by atoms with E-state index in [1.807, 2.05) is 29.2 Å². The molecule has 0 aliphatic carbocycles. The van der Waals surface area contributed by atoms with Crippen molar-refractivity contribution in [2.75, 3.05) is 18.4 Å².